The summed E-state index contributed by atoms with van der Waals surface area (Å²) in [6.45, 7) is 3.60. The summed E-state index contributed by atoms with van der Waals surface area (Å²) >= 11 is 0. The highest BCUT2D eigenvalue weighted by molar-refractivity contribution is 5.77. The summed E-state index contributed by atoms with van der Waals surface area (Å²) in [6.07, 6.45) is 2.54. The molecule has 1 amide bonds. The molecule has 1 saturated carbocycles. The molecule has 1 rings (SSSR count). The van der Waals surface area contributed by atoms with E-state index < -0.39 is 10.6 Å². The van der Waals surface area contributed by atoms with Crippen molar-refractivity contribution in [2.24, 2.45) is 5.73 Å². The summed E-state index contributed by atoms with van der Waals surface area (Å²) in [5, 5.41) is 12.3. The lowest BCUT2D eigenvalue weighted by Gasteiger charge is -2.28. The zero-order valence-electron chi connectivity index (χ0n) is 10.8. The maximum atomic E-state index is 11.7. The smallest absolute Gasteiger partial charge is 0.294 e. The van der Waals surface area contributed by atoms with Gasteiger partial charge >= 0.3 is 0 Å². The highest BCUT2D eigenvalue weighted by Crippen LogP contribution is 2.21. The lowest BCUT2D eigenvalue weighted by atomic mass is 9.92. The fourth-order valence-corrected chi connectivity index (χ4v) is 2.13. The molecule has 0 unspecified atom stereocenters. The molecule has 1 aliphatic carbocycles. The Morgan fingerprint density at radius 3 is 2.44 bits per heavy atom. The molecule has 0 saturated heterocycles. The van der Waals surface area contributed by atoms with Gasteiger partial charge in [0.05, 0.1) is 0 Å². The second-order valence-corrected chi connectivity index (χ2v) is 5.54. The van der Waals surface area contributed by atoms with Crippen LogP contribution in [-0.4, -0.2) is 28.7 Å². The fourth-order valence-electron chi connectivity index (χ4n) is 2.13. The van der Waals surface area contributed by atoms with Gasteiger partial charge in [0.2, 0.25) is 5.91 Å². The van der Waals surface area contributed by atoms with Crippen molar-refractivity contribution in [1.29, 1.82) is 0 Å². The van der Waals surface area contributed by atoms with Gasteiger partial charge in [-0.3, -0.25) is 4.79 Å². The van der Waals surface area contributed by atoms with Crippen LogP contribution in [0.4, 0.5) is 0 Å². The Morgan fingerprint density at radius 2 is 2.00 bits per heavy atom. The molecule has 0 atom stereocenters. The first-order valence-corrected chi connectivity index (χ1v) is 6.15. The molecular weight excluding hydrogens is 238 g/mol. The Bertz CT molecular complexity index is 306. The van der Waals surface area contributed by atoms with Crippen LogP contribution in [0.25, 0.3) is 0 Å². The van der Waals surface area contributed by atoms with E-state index in [2.05, 4.69) is 10.2 Å². The van der Waals surface area contributed by atoms with E-state index in [1.165, 1.54) is 0 Å². The van der Waals surface area contributed by atoms with Gasteiger partial charge in [-0.1, -0.05) is 0 Å². The molecule has 0 spiro atoms. The number of carbonyl (C=O) groups is 1. The van der Waals surface area contributed by atoms with E-state index in [0.29, 0.717) is 25.7 Å². The van der Waals surface area contributed by atoms with Crippen LogP contribution in [0.15, 0.2) is 0 Å². The summed E-state index contributed by atoms with van der Waals surface area (Å²) in [7, 11) is 0. The first-order valence-electron chi connectivity index (χ1n) is 6.15. The third kappa shape index (κ3) is 5.81. The molecule has 0 bridgehead atoms. The van der Waals surface area contributed by atoms with Crippen molar-refractivity contribution in [2.45, 2.75) is 63.6 Å². The van der Waals surface area contributed by atoms with Crippen LogP contribution in [0.3, 0.4) is 0 Å². The minimum atomic E-state index is -0.749. The summed E-state index contributed by atoms with van der Waals surface area (Å²) < 4.78 is 0. The zero-order chi connectivity index (χ0) is 13.8. The minimum absolute atomic E-state index is 0.0684. The van der Waals surface area contributed by atoms with E-state index in [-0.39, 0.29) is 24.5 Å². The summed E-state index contributed by atoms with van der Waals surface area (Å²) in [6, 6.07) is 0.0754. The third-order valence-corrected chi connectivity index (χ3v) is 2.89. The molecular formula is C11H21N3O4. The predicted molar refractivity (Wildman–Crippen MR) is 65.1 cm³/mol. The van der Waals surface area contributed by atoms with Crippen molar-refractivity contribution in [3.8, 4) is 0 Å². The molecule has 0 aromatic rings. The van der Waals surface area contributed by atoms with Crippen LogP contribution in [0, 0.1) is 10.1 Å². The van der Waals surface area contributed by atoms with Crippen LogP contribution in [0.1, 0.15) is 46.0 Å². The Kier molecular flexibility index (Phi) is 4.89. The molecule has 0 aliphatic heterocycles. The summed E-state index contributed by atoms with van der Waals surface area (Å²) in [4.78, 5) is 26.4. The lowest BCUT2D eigenvalue weighted by Crippen LogP contribution is -2.44. The van der Waals surface area contributed by atoms with Crippen molar-refractivity contribution in [2.75, 3.05) is 0 Å². The molecule has 7 nitrogen and oxygen atoms in total. The number of rotatable bonds is 5. The topological polar surface area (TPSA) is 107 Å². The van der Waals surface area contributed by atoms with Crippen LogP contribution in [0.2, 0.25) is 0 Å². The van der Waals surface area contributed by atoms with Crippen molar-refractivity contribution in [3.63, 3.8) is 0 Å². The molecule has 1 fully saturated rings. The number of hydrogen-bond donors (Lipinski definition) is 2. The number of nitrogens with two attached hydrogens (primary N) is 1. The van der Waals surface area contributed by atoms with Crippen LogP contribution < -0.4 is 11.1 Å². The lowest BCUT2D eigenvalue weighted by molar-refractivity contribution is -0.769. The highest BCUT2D eigenvalue weighted by Gasteiger charge is 2.25. The van der Waals surface area contributed by atoms with Crippen molar-refractivity contribution >= 4 is 5.91 Å². The quantitative estimate of drug-likeness (QED) is 0.559. The summed E-state index contributed by atoms with van der Waals surface area (Å²) in [5.74, 6) is -0.0684. The van der Waals surface area contributed by atoms with E-state index in [1.54, 1.807) is 13.8 Å². The first kappa shape index (κ1) is 14.7. The van der Waals surface area contributed by atoms with Gasteiger partial charge in [0.25, 0.3) is 5.09 Å². The van der Waals surface area contributed by atoms with Crippen LogP contribution >= 0.6 is 0 Å². The molecule has 3 N–H and O–H groups in total. The molecule has 0 aromatic carbocycles. The third-order valence-electron chi connectivity index (χ3n) is 2.89. The second kappa shape index (κ2) is 5.99. The van der Waals surface area contributed by atoms with E-state index in [0.717, 1.165) is 0 Å². The maximum Gasteiger partial charge on any atom is 0.294 e. The normalized spacial score (nSPS) is 24.4. The van der Waals surface area contributed by atoms with E-state index in [9.17, 15) is 14.9 Å². The first-order chi connectivity index (χ1) is 8.26. The van der Waals surface area contributed by atoms with E-state index in [4.69, 9.17) is 5.73 Å². The Hall–Kier alpha value is -1.37. The Morgan fingerprint density at radius 1 is 1.44 bits per heavy atom. The Balaban J connectivity index is 2.27. The van der Waals surface area contributed by atoms with Crippen LogP contribution in [-0.2, 0) is 9.63 Å². The molecule has 0 heterocycles. The average molecular weight is 259 g/mol. The van der Waals surface area contributed by atoms with Crippen LogP contribution in [0.5, 0.6) is 0 Å². The number of nitrogens with zero attached hydrogens (tertiary/aromatic N) is 1. The van der Waals surface area contributed by atoms with Gasteiger partial charge in [-0.15, -0.1) is 10.1 Å². The van der Waals surface area contributed by atoms with Gasteiger partial charge in [-0.25, -0.2) is 0 Å². The average Bonchev–Trinajstić information content (AvgIpc) is 2.17. The minimum Gasteiger partial charge on any atom is -0.353 e. The monoisotopic (exact) mass is 259 g/mol. The van der Waals surface area contributed by atoms with E-state index in [1.807, 2.05) is 0 Å². The van der Waals surface area contributed by atoms with Gasteiger partial charge in [-0.05, 0) is 39.5 Å². The second-order valence-electron chi connectivity index (χ2n) is 5.54. The standard InChI is InChI=1S/C11H21N3O4/c1-11(2,12)7-10(15)13-8-3-5-9(6-4-8)18-14(16)17/h8-9H,3-7,12H2,1-2H3,(H,13,15). The molecule has 7 heteroatoms. The number of nitrogens with one attached hydrogen (secondary N) is 1. The van der Waals surface area contributed by atoms with Gasteiger partial charge in [0, 0.05) is 18.0 Å². The fraction of sp³-hybridized carbons (Fsp3) is 0.909. The van der Waals surface area contributed by atoms with Gasteiger partial charge < -0.3 is 15.9 Å². The molecule has 104 valence electrons. The van der Waals surface area contributed by atoms with Gasteiger partial charge in [0.15, 0.2) is 0 Å². The van der Waals surface area contributed by atoms with Crippen molar-refractivity contribution in [3.05, 3.63) is 10.1 Å². The number of carbonyl (C=O) groups excluding carboxylic acids is 1. The van der Waals surface area contributed by atoms with Crippen molar-refractivity contribution < 1.29 is 14.7 Å². The SMILES string of the molecule is CC(C)(N)CC(=O)NC1CCC(O[N+](=O)[O-])CC1. The number of amides is 1. The largest absolute Gasteiger partial charge is 0.353 e. The highest BCUT2D eigenvalue weighted by atomic mass is 17.0. The molecule has 18 heavy (non-hydrogen) atoms. The molecule has 0 aromatic heterocycles. The predicted octanol–water partition coefficient (Wildman–Crippen LogP) is 0.749. The Labute approximate surface area is 106 Å². The zero-order valence-corrected chi connectivity index (χ0v) is 10.8. The molecule has 1 aliphatic rings. The van der Waals surface area contributed by atoms with E-state index >= 15 is 0 Å². The molecule has 0 radical (unpaired) electrons. The number of hydrogen-bond acceptors (Lipinski definition) is 5. The van der Waals surface area contributed by atoms with Gasteiger partial charge in [-0.2, -0.15) is 0 Å². The maximum absolute atomic E-state index is 11.7. The summed E-state index contributed by atoms with van der Waals surface area (Å²) in [5.41, 5.74) is 5.24. The van der Waals surface area contributed by atoms with Gasteiger partial charge in [0.1, 0.15) is 6.10 Å². The van der Waals surface area contributed by atoms with Crippen molar-refractivity contribution in [1.82, 2.24) is 5.32 Å².